The topological polar surface area (TPSA) is 17.1 Å². The standard InChI is InChI=1S/C12H16OS/c1-2-3-7-10-14(13)11-12-8-5-4-6-9-12/h2,4-6,8-9H,1,3,7,10-11H2. The maximum atomic E-state index is 11.6. The molecule has 0 bridgehead atoms. The molecule has 1 aromatic rings. The molecule has 0 aliphatic rings. The third kappa shape index (κ3) is 4.38. The van der Waals surface area contributed by atoms with E-state index in [4.69, 9.17) is 0 Å². The summed E-state index contributed by atoms with van der Waals surface area (Å²) in [7, 11) is -0.720. The molecule has 0 heterocycles. The van der Waals surface area contributed by atoms with Crippen LogP contribution in [0.25, 0.3) is 0 Å². The fraction of sp³-hybridized carbons (Fsp3) is 0.333. The van der Waals surface area contributed by atoms with Crippen molar-refractivity contribution in [2.24, 2.45) is 0 Å². The first-order valence-corrected chi connectivity index (χ1v) is 6.31. The van der Waals surface area contributed by atoms with E-state index < -0.39 is 10.8 Å². The van der Waals surface area contributed by atoms with Gasteiger partial charge in [-0.3, -0.25) is 4.21 Å². The number of rotatable bonds is 6. The van der Waals surface area contributed by atoms with Gasteiger partial charge in [0.25, 0.3) is 0 Å². The van der Waals surface area contributed by atoms with Gasteiger partial charge in [-0.1, -0.05) is 36.4 Å². The van der Waals surface area contributed by atoms with Gasteiger partial charge in [0.15, 0.2) is 0 Å². The van der Waals surface area contributed by atoms with Crippen LogP contribution in [0.5, 0.6) is 0 Å². The Morgan fingerprint density at radius 3 is 2.64 bits per heavy atom. The predicted molar refractivity (Wildman–Crippen MR) is 62.6 cm³/mol. The van der Waals surface area contributed by atoms with Gasteiger partial charge in [-0.2, -0.15) is 0 Å². The molecule has 0 N–H and O–H groups in total. The van der Waals surface area contributed by atoms with Crippen LogP contribution in [0.1, 0.15) is 18.4 Å². The first-order valence-electron chi connectivity index (χ1n) is 4.82. The van der Waals surface area contributed by atoms with Gasteiger partial charge in [0, 0.05) is 22.3 Å². The molecule has 0 aromatic heterocycles. The van der Waals surface area contributed by atoms with Crippen molar-refractivity contribution in [1.29, 1.82) is 0 Å². The van der Waals surface area contributed by atoms with Gasteiger partial charge in [0.2, 0.25) is 0 Å². The summed E-state index contributed by atoms with van der Waals surface area (Å²) < 4.78 is 11.6. The number of hydrogen-bond donors (Lipinski definition) is 0. The number of benzene rings is 1. The van der Waals surface area contributed by atoms with Crippen molar-refractivity contribution in [2.45, 2.75) is 18.6 Å². The maximum Gasteiger partial charge on any atom is 0.0485 e. The minimum atomic E-state index is -0.720. The van der Waals surface area contributed by atoms with Crippen LogP contribution in [0.4, 0.5) is 0 Å². The summed E-state index contributed by atoms with van der Waals surface area (Å²) in [5.74, 6) is 1.46. The van der Waals surface area contributed by atoms with E-state index in [9.17, 15) is 4.21 Å². The zero-order valence-electron chi connectivity index (χ0n) is 8.32. The lowest BCUT2D eigenvalue weighted by Crippen LogP contribution is -2.00. The third-order valence-electron chi connectivity index (χ3n) is 1.95. The Morgan fingerprint density at radius 2 is 2.00 bits per heavy atom. The molecule has 0 spiro atoms. The summed E-state index contributed by atoms with van der Waals surface area (Å²) in [6.45, 7) is 3.64. The molecule has 0 amide bonds. The van der Waals surface area contributed by atoms with Crippen molar-refractivity contribution in [2.75, 3.05) is 5.75 Å². The van der Waals surface area contributed by atoms with E-state index >= 15 is 0 Å². The lowest BCUT2D eigenvalue weighted by molar-refractivity contribution is 0.680. The molecule has 0 aliphatic carbocycles. The molecular formula is C12H16OS. The Hall–Kier alpha value is -0.890. The van der Waals surface area contributed by atoms with Crippen LogP contribution in [-0.2, 0) is 16.6 Å². The van der Waals surface area contributed by atoms with E-state index in [1.165, 1.54) is 0 Å². The molecule has 0 radical (unpaired) electrons. The molecule has 1 atom stereocenters. The highest BCUT2D eigenvalue weighted by atomic mass is 32.2. The average molecular weight is 208 g/mol. The minimum Gasteiger partial charge on any atom is -0.259 e. The van der Waals surface area contributed by atoms with Crippen molar-refractivity contribution in [3.05, 3.63) is 48.6 Å². The van der Waals surface area contributed by atoms with Crippen molar-refractivity contribution in [3.63, 3.8) is 0 Å². The van der Waals surface area contributed by atoms with Gasteiger partial charge < -0.3 is 0 Å². The SMILES string of the molecule is C=CCCCS(=O)Cc1ccccc1. The van der Waals surface area contributed by atoms with E-state index in [0.717, 1.165) is 24.2 Å². The van der Waals surface area contributed by atoms with Crippen LogP contribution in [0.15, 0.2) is 43.0 Å². The zero-order chi connectivity index (χ0) is 10.2. The lowest BCUT2D eigenvalue weighted by atomic mass is 10.2. The predicted octanol–water partition coefficient (Wildman–Crippen LogP) is 2.90. The largest absolute Gasteiger partial charge is 0.259 e. The van der Waals surface area contributed by atoms with E-state index in [1.54, 1.807) is 0 Å². The Balaban J connectivity index is 2.31. The summed E-state index contributed by atoms with van der Waals surface area (Å²) in [6.07, 6.45) is 3.81. The molecule has 0 saturated heterocycles. The molecular weight excluding hydrogens is 192 g/mol. The number of unbranched alkanes of at least 4 members (excludes halogenated alkanes) is 1. The van der Waals surface area contributed by atoms with Crippen LogP contribution in [0, 0.1) is 0 Å². The summed E-state index contributed by atoms with van der Waals surface area (Å²) >= 11 is 0. The fourth-order valence-corrected chi connectivity index (χ4v) is 2.42. The minimum absolute atomic E-state index is 0.679. The van der Waals surface area contributed by atoms with Crippen LogP contribution >= 0.6 is 0 Å². The van der Waals surface area contributed by atoms with Crippen molar-refractivity contribution < 1.29 is 4.21 Å². The highest BCUT2D eigenvalue weighted by Gasteiger charge is 1.99. The van der Waals surface area contributed by atoms with E-state index in [1.807, 2.05) is 36.4 Å². The van der Waals surface area contributed by atoms with Gasteiger partial charge in [0.05, 0.1) is 0 Å². The van der Waals surface area contributed by atoms with Crippen molar-refractivity contribution in [3.8, 4) is 0 Å². The second kappa shape index (κ2) is 6.55. The Labute approximate surface area is 88.3 Å². The molecule has 2 heteroatoms. The maximum absolute atomic E-state index is 11.6. The molecule has 76 valence electrons. The number of hydrogen-bond acceptors (Lipinski definition) is 1. The molecule has 1 nitrogen and oxygen atoms in total. The Morgan fingerprint density at radius 1 is 1.29 bits per heavy atom. The third-order valence-corrected chi connectivity index (χ3v) is 3.35. The summed E-state index contributed by atoms with van der Waals surface area (Å²) in [5, 5.41) is 0. The number of allylic oxidation sites excluding steroid dienone is 1. The van der Waals surface area contributed by atoms with Crippen LogP contribution in [0.3, 0.4) is 0 Å². The molecule has 0 saturated carbocycles. The highest BCUT2D eigenvalue weighted by molar-refractivity contribution is 7.84. The Kier molecular flexibility index (Phi) is 5.23. The molecule has 14 heavy (non-hydrogen) atoms. The van der Waals surface area contributed by atoms with E-state index in [0.29, 0.717) is 5.75 Å². The van der Waals surface area contributed by atoms with Gasteiger partial charge in [0.1, 0.15) is 0 Å². The molecule has 0 fully saturated rings. The van der Waals surface area contributed by atoms with E-state index in [2.05, 4.69) is 6.58 Å². The van der Waals surface area contributed by atoms with Gasteiger partial charge in [-0.15, -0.1) is 6.58 Å². The lowest BCUT2D eigenvalue weighted by Gasteiger charge is -2.00. The molecule has 0 aliphatic heterocycles. The summed E-state index contributed by atoms with van der Waals surface area (Å²) in [6, 6.07) is 9.98. The average Bonchev–Trinajstić information content (AvgIpc) is 2.20. The normalized spacial score (nSPS) is 12.3. The van der Waals surface area contributed by atoms with E-state index in [-0.39, 0.29) is 0 Å². The smallest absolute Gasteiger partial charge is 0.0485 e. The van der Waals surface area contributed by atoms with Crippen molar-refractivity contribution in [1.82, 2.24) is 0 Å². The van der Waals surface area contributed by atoms with Gasteiger partial charge in [-0.25, -0.2) is 0 Å². The summed E-state index contributed by atoms with van der Waals surface area (Å²) in [5.41, 5.74) is 1.16. The fourth-order valence-electron chi connectivity index (χ4n) is 1.22. The first-order chi connectivity index (χ1) is 6.83. The van der Waals surface area contributed by atoms with Crippen LogP contribution in [-0.4, -0.2) is 9.96 Å². The van der Waals surface area contributed by atoms with Crippen LogP contribution in [0.2, 0.25) is 0 Å². The molecule has 1 rings (SSSR count). The highest BCUT2D eigenvalue weighted by Crippen LogP contribution is 2.04. The van der Waals surface area contributed by atoms with Gasteiger partial charge >= 0.3 is 0 Å². The second-order valence-corrected chi connectivity index (χ2v) is 4.78. The monoisotopic (exact) mass is 208 g/mol. The zero-order valence-corrected chi connectivity index (χ0v) is 9.13. The Bertz CT molecular complexity index is 292. The molecule has 1 aromatic carbocycles. The van der Waals surface area contributed by atoms with Crippen molar-refractivity contribution >= 4 is 10.8 Å². The molecule has 1 unspecified atom stereocenters. The van der Waals surface area contributed by atoms with Gasteiger partial charge in [-0.05, 0) is 18.4 Å². The van der Waals surface area contributed by atoms with Crippen LogP contribution < -0.4 is 0 Å². The summed E-state index contributed by atoms with van der Waals surface area (Å²) in [4.78, 5) is 0. The first kappa shape index (κ1) is 11.2. The quantitative estimate of drug-likeness (QED) is 0.519. The second-order valence-electron chi connectivity index (χ2n) is 3.20.